The van der Waals surface area contributed by atoms with Crippen LogP contribution < -0.4 is 0 Å². The van der Waals surface area contributed by atoms with Gasteiger partial charge in [0.05, 0.1) is 0 Å². The molecular formula is C11H19N. The largest absolute Gasteiger partial charge is 0.293 e. The molecule has 0 aromatic carbocycles. The van der Waals surface area contributed by atoms with Crippen LogP contribution in [0.15, 0.2) is 16.6 Å². The molecule has 1 unspecified atom stereocenters. The number of nitrogens with zero attached hydrogens (tertiary/aromatic N) is 1. The van der Waals surface area contributed by atoms with Crippen LogP contribution in [-0.2, 0) is 0 Å². The average Bonchev–Trinajstić information content (AvgIpc) is 2.27. The summed E-state index contributed by atoms with van der Waals surface area (Å²) in [7, 11) is 1.91. The summed E-state index contributed by atoms with van der Waals surface area (Å²) in [6.07, 6.45) is 7.27. The molecule has 1 nitrogen and oxygen atoms in total. The van der Waals surface area contributed by atoms with Crippen molar-refractivity contribution in [2.45, 2.75) is 39.5 Å². The van der Waals surface area contributed by atoms with Gasteiger partial charge in [0.1, 0.15) is 0 Å². The van der Waals surface area contributed by atoms with Crippen molar-refractivity contribution in [1.29, 1.82) is 0 Å². The lowest BCUT2D eigenvalue weighted by atomic mass is 10.0. The average molecular weight is 165 g/mol. The molecule has 0 aromatic rings. The zero-order valence-electron chi connectivity index (χ0n) is 8.43. The molecule has 0 N–H and O–H groups in total. The number of aliphatic imine (C=N–C) groups is 1. The Kier molecular flexibility index (Phi) is 3.51. The van der Waals surface area contributed by atoms with E-state index in [0.717, 1.165) is 5.92 Å². The summed E-state index contributed by atoms with van der Waals surface area (Å²) in [5.74, 6) is 0.874. The molecular weight excluding hydrogens is 146 g/mol. The molecule has 1 fully saturated rings. The number of hydrogen-bond acceptors (Lipinski definition) is 1. The lowest BCUT2D eigenvalue weighted by Crippen LogP contribution is -1.99. The summed E-state index contributed by atoms with van der Waals surface area (Å²) in [5.41, 5.74) is 2.81. The third-order valence-electron chi connectivity index (χ3n) is 2.77. The van der Waals surface area contributed by atoms with E-state index >= 15 is 0 Å². The van der Waals surface area contributed by atoms with Crippen LogP contribution in [0.2, 0.25) is 0 Å². The van der Waals surface area contributed by atoms with Gasteiger partial charge in [-0.1, -0.05) is 13.0 Å². The molecule has 1 aliphatic carbocycles. The van der Waals surface area contributed by atoms with Gasteiger partial charge in [0, 0.05) is 12.8 Å². The minimum atomic E-state index is 0.874. The van der Waals surface area contributed by atoms with Gasteiger partial charge in [-0.15, -0.1) is 0 Å². The summed E-state index contributed by atoms with van der Waals surface area (Å²) in [6, 6.07) is 0. The lowest BCUT2D eigenvalue weighted by Gasteiger charge is -2.03. The number of rotatable bonds is 0. The maximum atomic E-state index is 4.34. The first-order valence-corrected chi connectivity index (χ1v) is 4.89. The van der Waals surface area contributed by atoms with Crippen LogP contribution in [0.25, 0.3) is 0 Å². The fraction of sp³-hybridized carbons (Fsp3) is 0.727. The van der Waals surface area contributed by atoms with Crippen molar-refractivity contribution >= 4 is 5.71 Å². The highest BCUT2D eigenvalue weighted by atomic mass is 14.7. The van der Waals surface area contributed by atoms with Crippen LogP contribution in [0.1, 0.15) is 39.5 Å². The number of hydrogen-bond donors (Lipinski definition) is 0. The van der Waals surface area contributed by atoms with E-state index in [4.69, 9.17) is 0 Å². The van der Waals surface area contributed by atoms with E-state index in [1.165, 1.54) is 37.0 Å². The zero-order chi connectivity index (χ0) is 8.97. The van der Waals surface area contributed by atoms with Gasteiger partial charge in [-0.3, -0.25) is 4.99 Å². The summed E-state index contributed by atoms with van der Waals surface area (Å²) in [4.78, 5) is 4.34. The fourth-order valence-electron chi connectivity index (χ4n) is 1.80. The van der Waals surface area contributed by atoms with E-state index in [0.29, 0.717) is 0 Å². The molecule has 68 valence electrons. The molecule has 0 aromatic heterocycles. The Morgan fingerprint density at radius 2 is 2.00 bits per heavy atom. The molecule has 1 rings (SSSR count). The van der Waals surface area contributed by atoms with Crippen molar-refractivity contribution in [2.24, 2.45) is 10.9 Å². The molecule has 0 amide bonds. The molecule has 0 spiro atoms. The lowest BCUT2D eigenvalue weighted by molar-refractivity contribution is 0.517. The van der Waals surface area contributed by atoms with Gasteiger partial charge in [-0.05, 0) is 44.1 Å². The second-order valence-corrected chi connectivity index (χ2v) is 3.67. The first-order valence-electron chi connectivity index (χ1n) is 4.89. The Morgan fingerprint density at radius 1 is 1.33 bits per heavy atom. The normalized spacial score (nSPS) is 32.4. The monoisotopic (exact) mass is 165 g/mol. The highest BCUT2D eigenvalue weighted by molar-refractivity contribution is 6.00. The van der Waals surface area contributed by atoms with Crippen molar-refractivity contribution in [2.75, 3.05) is 7.05 Å². The first-order chi connectivity index (χ1) is 5.77. The molecule has 1 aliphatic rings. The van der Waals surface area contributed by atoms with Crippen LogP contribution >= 0.6 is 0 Å². The van der Waals surface area contributed by atoms with Crippen molar-refractivity contribution in [3.05, 3.63) is 11.6 Å². The maximum absolute atomic E-state index is 4.34. The first kappa shape index (κ1) is 9.50. The van der Waals surface area contributed by atoms with Gasteiger partial charge in [0.2, 0.25) is 0 Å². The van der Waals surface area contributed by atoms with E-state index in [1.54, 1.807) is 0 Å². The van der Waals surface area contributed by atoms with Gasteiger partial charge >= 0.3 is 0 Å². The van der Waals surface area contributed by atoms with Crippen molar-refractivity contribution < 1.29 is 0 Å². The van der Waals surface area contributed by atoms with Gasteiger partial charge < -0.3 is 0 Å². The molecule has 0 aliphatic heterocycles. The van der Waals surface area contributed by atoms with Gasteiger partial charge in [0.25, 0.3) is 0 Å². The third kappa shape index (κ3) is 2.20. The van der Waals surface area contributed by atoms with Crippen LogP contribution in [-0.4, -0.2) is 12.8 Å². The molecule has 1 heteroatoms. The minimum Gasteiger partial charge on any atom is -0.293 e. The highest BCUT2D eigenvalue weighted by Crippen LogP contribution is 2.24. The van der Waals surface area contributed by atoms with Crippen LogP contribution in [0.5, 0.6) is 0 Å². The van der Waals surface area contributed by atoms with Crippen molar-refractivity contribution in [3.63, 3.8) is 0 Å². The topological polar surface area (TPSA) is 12.4 Å². The quantitative estimate of drug-likeness (QED) is 0.489. The standard InChI is InChI=1S/C11H19N/c1-4-10-7-5-9(2)6-8-11(10)12-3/h4,9H,5-8H2,1-3H3/b10-4-,12-11-. The summed E-state index contributed by atoms with van der Waals surface area (Å²) >= 11 is 0. The van der Waals surface area contributed by atoms with E-state index in [2.05, 4.69) is 24.9 Å². The molecule has 0 bridgehead atoms. The summed E-state index contributed by atoms with van der Waals surface area (Å²) in [6.45, 7) is 4.46. The van der Waals surface area contributed by atoms with E-state index in [9.17, 15) is 0 Å². The Morgan fingerprint density at radius 3 is 2.58 bits per heavy atom. The van der Waals surface area contributed by atoms with Crippen molar-refractivity contribution in [3.8, 4) is 0 Å². The molecule has 12 heavy (non-hydrogen) atoms. The molecule has 0 radical (unpaired) electrons. The smallest absolute Gasteiger partial charge is 0.0373 e. The predicted octanol–water partition coefficient (Wildman–Crippen LogP) is 3.21. The minimum absolute atomic E-state index is 0.874. The summed E-state index contributed by atoms with van der Waals surface area (Å²) < 4.78 is 0. The van der Waals surface area contributed by atoms with Gasteiger partial charge in [0.15, 0.2) is 0 Å². The Bertz CT molecular complexity index is 179. The third-order valence-corrected chi connectivity index (χ3v) is 2.77. The molecule has 0 heterocycles. The van der Waals surface area contributed by atoms with E-state index in [-0.39, 0.29) is 0 Å². The Balaban J connectivity index is 2.73. The maximum Gasteiger partial charge on any atom is 0.0373 e. The van der Waals surface area contributed by atoms with Crippen molar-refractivity contribution in [1.82, 2.24) is 0 Å². The van der Waals surface area contributed by atoms with Crippen LogP contribution in [0.4, 0.5) is 0 Å². The Labute approximate surface area is 75.6 Å². The summed E-state index contributed by atoms with van der Waals surface area (Å²) in [5, 5.41) is 0. The zero-order valence-corrected chi connectivity index (χ0v) is 8.43. The second-order valence-electron chi connectivity index (χ2n) is 3.67. The van der Waals surface area contributed by atoms with Crippen LogP contribution in [0.3, 0.4) is 0 Å². The fourth-order valence-corrected chi connectivity index (χ4v) is 1.80. The SMILES string of the molecule is C/C=C1/CCC(C)CC/C1=N/C. The van der Waals surface area contributed by atoms with Gasteiger partial charge in [-0.25, -0.2) is 0 Å². The van der Waals surface area contributed by atoms with Crippen LogP contribution in [0, 0.1) is 5.92 Å². The van der Waals surface area contributed by atoms with Gasteiger partial charge in [-0.2, -0.15) is 0 Å². The molecule has 1 atom stereocenters. The van der Waals surface area contributed by atoms with E-state index in [1.807, 2.05) is 7.05 Å². The predicted molar refractivity (Wildman–Crippen MR) is 54.7 cm³/mol. The number of allylic oxidation sites excluding steroid dienone is 2. The Hall–Kier alpha value is -0.590. The molecule has 1 saturated carbocycles. The molecule has 0 saturated heterocycles. The second kappa shape index (κ2) is 4.44. The van der Waals surface area contributed by atoms with E-state index < -0.39 is 0 Å². The highest BCUT2D eigenvalue weighted by Gasteiger charge is 2.14.